The molecule has 0 aliphatic rings. The molecule has 1 N–H and O–H groups in total. The Hall–Kier alpha value is -3.05. The number of nitrogens with zero attached hydrogens (tertiary/aromatic N) is 1. The molecule has 0 radical (unpaired) electrons. The second-order valence-electron chi connectivity index (χ2n) is 6.87. The van der Waals surface area contributed by atoms with Crippen LogP contribution in [0.1, 0.15) is 18.1 Å². The predicted molar refractivity (Wildman–Crippen MR) is 135 cm³/mol. The Morgan fingerprint density at radius 2 is 1.94 bits per heavy atom. The summed E-state index contributed by atoms with van der Waals surface area (Å²) in [4.78, 5) is 12.7. The first-order chi connectivity index (χ1) is 16.3. The molecule has 3 aromatic rings. The van der Waals surface area contributed by atoms with E-state index in [-0.39, 0.29) is 33.7 Å². The molecule has 0 aliphatic carbocycles. The molecule has 3 rings (SSSR count). The predicted octanol–water partition coefficient (Wildman–Crippen LogP) is 7.42. The van der Waals surface area contributed by atoms with E-state index in [0.29, 0.717) is 33.7 Å². The maximum Gasteiger partial charge on any atom is 0.266 e. The Morgan fingerprint density at radius 1 is 1.18 bits per heavy atom. The Balaban J connectivity index is 1.87. The van der Waals surface area contributed by atoms with Gasteiger partial charge in [-0.05, 0) is 64.8 Å². The summed E-state index contributed by atoms with van der Waals surface area (Å²) in [6, 6.07) is 16.3. The number of amides is 1. The number of carbonyl (C=O) groups excluding carboxylic acids is 1. The summed E-state index contributed by atoms with van der Waals surface area (Å²) in [5.41, 5.74) is 1.03. The molecule has 34 heavy (non-hydrogen) atoms. The molecule has 0 heterocycles. The fourth-order valence-corrected chi connectivity index (χ4v) is 3.87. The van der Waals surface area contributed by atoms with E-state index in [0.717, 1.165) is 0 Å². The average Bonchev–Trinajstić information content (AvgIpc) is 2.81. The van der Waals surface area contributed by atoms with Gasteiger partial charge in [-0.3, -0.25) is 4.79 Å². The topological polar surface area (TPSA) is 71.3 Å². The molecule has 9 heteroatoms. The summed E-state index contributed by atoms with van der Waals surface area (Å²) in [6.07, 6.45) is 1.40. The highest BCUT2D eigenvalue weighted by Gasteiger charge is 2.16. The van der Waals surface area contributed by atoms with Crippen LogP contribution in [0, 0.1) is 17.1 Å². The quantitative estimate of drug-likeness (QED) is 0.229. The van der Waals surface area contributed by atoms with E-state index >= 15 is 0 Å². The minimum absolute atomic E-state index is 0.00716. The van der Waals surface area contributed by atoms with Crippen LogP contribution in [0.3, 0.4) is 0 Å². The summed E-state index contributed by atoms with van der Waals surface area (Å²) < 4.78 is 26.0. The van der Waals surface area contributed by atoms with Gasteiger partial charge < -0.3 is 14.8 Å². The molecule has 5 nitrogen and oxygen atoms in total. The van der Waals surface area contributed by atoms with Crippen molar-refractivity contribution in [2.24, 2.45) is 0 Å². The third kappa shape index (κ3) is 6.29. The van der Waals surface area contributed by atoms with E-state index in [9.17, 15) is 14.4 Å². The van der Waals surface area contributed by atoms with Crippen LogP contribution in [0.5, 0.6) is 11.5 Å². The number of hydrogen-bond donors (Lipinski definition) is 1. The first kappa shape index (κ1) is 25.6. The van der Waals surface area contributed by atoms with Crippen molar-refractivity contribution in [1.82, 2.24) is 0 Å². The van der Waals surface area contributed by atoms with E-state index in [2.05, 4.69) is 21.2 Å². The molecule has 0 unspecified atom stereocenters. The highest BCUT2D eigenvalue weighted by molar-refractivity contribution is 9.10. The average molecular weight is 564 g/mol. The summed E-state index contributed by atoms with van der Waals surface area (Å²) in [6.45, 7) is 2.14. The first-order valence-electron chi connectivity index (χ1n) is 10.0. The molecule has 0 aromatic heterocycles. The van der Waals surface area contributed by atoms with Crippen molar-refractivity contribution >= 4 is 56.8 Å². The number of halogens is 4. The van der Waals surface area contributed by atoms with Crippen molar-refractivity contribution in [1.29, 1.82) is 5.26 Å². The fraction of sp³-hybridized carbons (Fsp3) is 0.120. The minimum Gasteiger partial charge on any atom is -0.490 e. The van der Waals surface area contributed by atoms with Crippen LogP contribution in [0.2, 0.25) is 10.0 Å². The molecule has 0 saturated carbocycles. The Kier molecular flexibility index (Phi) is 8.94. The lowest BCUT2D eigenvalue weighted by molar-refractivity contribution is -0.112. The van der Waals surface area contributed by atoms with Crippen LogP contribution < -0.4 is 14.8 Å². The Bertz CT molecular complexity index is 1290. The SMILES string of the molecule is CCOc1cc(C=C(C#N)C(=O)Nc2cccc(Cl)c2Cl)cc(Br)c1OCc1ccccc1F. The van der Waals surface area contributed by atoms with Crippen LogP contribution in [-0.2, 0) is 11.4 Å². The van der Waals surface area contributed by atoms with Gasteiger partial charge in [0, 0.05) is 5.56 Å². The number of rotatable bonds is 8. The lowest BCUT2D eigenvalue weighted by Gasteiger charge is -2.15. The molecule has 0 spiro atoms. The summed E-state index contributed by atoms with van der Waals surface area (Å²) >= 11 is 15.5. The minimum atomic E-state index is -0.652. The van der Waals surface area contributed by atoms with Gasteiger partial charge in [-0.15, -0.1) is 0 Å². The number of benzene rings is 3. The second kappa shape index (κ2) is 11.9. The van der Waals surface area contributed by atoms with Gasteiger partial charge in [0.25, 0.3) is 5.91 Å². The molecule has 0 aliphatic heterocycles. The molecule has 0 saturated heterocycles. The first-order valence-corrected chi connectivity index (χ1v) is 11.6. The zero-order valence-corrected chi connectivity index (χ0v) is 21.0. The van der Waals surface area contributed by atoms with Crippen molar-refractivity contribution in [2.45, 2.75) is 13.5 Å². The van der Waals surface area contributed by atoms with Gasteiger partial charge in [0.1, 0.15) is 24.1 Å². The van der Waals surface area contributed by atoms with E-state index < -0.39 is 5.91 Å². The Morgan fingerprint density at radius 3 is 2.65 bits per heavy atom. The molecule has 3 aromatic carbocycles. The maximum atomic E-state index is 14.0. The highest BCUT2D eigenvalue weighted by Crippen LogP contribution is 2.38. The van der Waals surface area contributed by atoms with Crippen LogP contribution in [0.25, 0.3) is 6.08 Å². The largest absolute Gasteiger partial charge is 0.490 e. The summed E-state index contributed by atoms with van der Waals surface area (Å²) in [5, 5.41) is 12.6. The molecule has 0 fully saturated rings. The number of hydrogen-bond acceptors (Lipinski definition) is 4. The molecular formula is C25H18BrCl2FN2O3. The highest BCUT2D eigenvalue weighted by atomic mass is 79.9. The summed E-state index contributed by atoms with van der Waals surface area (Å²) in [5.74, 6) is -0.285. The summed E-state index contributed by atoms with van der Waals surface area (Å²) in [7, 11) is 0. The standard InChI is InChI=1S/C25H18BrCl2FN2O3/c1-2-33-22-12-15(11-18(26)24(22)34-14-16-6-3-4-8-20(16)29)10-17(13-30)25(32)31-21-9-5-7-19(27)23(21)28/h3-12H,2,14H2,1H3,(H,31,32). The lowest BCUT2D eigenvalue weighted by atomic mass is 10.1. The van der Waals surface area contributed by atoms with Gasteiger partial charge in [0.05, 0.1) is 26.8 Å². The molecule has 1 amide bonds. The Labute approximate surface area is 214 Å². The van der Waals surface area contributed by atoms with Crippen molar-refractivity contribution in [3.63, 3.8) is 0 Å². The van der Waals surface area contributed by atoms with Crippen LogP contribution in [0.4, 0.5) is 10.1 Å². The van der Waals surface area contributed by atoms with E-state index in [4.69, 9.17) is 32.7 Å². The van der Waals surface area contributed by atoms with Crippen LogP contribution in [0.15, 0.2) is 64.6 Å². The smallest absolute Gasteiger partial charge is 0.266 e. The lowest BCUT2D eigenvalue weighted by Crippen LogP contribution is -2.13. The molecule has 0 bridgehead atoms. The zero-order valence-electron chi connectivity index (χ0n) is 17.9. The number of carbonyl (C=O) groups is 1. The van der Waals surface area contributed by atoms with Crippen LogP contribution in [-0.4, -0.2) is 12.5 Å². The van der Waals surface area contributed by atoms with Gasteiger partial charge in [-0.2, -0.15) is 5.26 Å². The van der Waals surface area contributed by atoms with Crippen molar-refractivity contribution in [3.05, 3.63) is 91.6 Å². The molecular weight excluding hydrogens is 546 g/mol. The van der Waals surface area contributed by atoms with Gasteiger partial charge in [0.2, 0.25) is 0 Å². The third-order valence-electron chi connectivity index (χ3n) is 4.54. The van der Waals surface area contributed by atoms with Crippen LogP contribution >= 0.6 is 39.1 Å². The second-order valence-corrected chi connectivity index (χ2v) is 8.51. The number of anilines is 1. The van der Waals surface area contributed by atoms with Gasteiger partial charge in [0.15, 0.2) is 11.5 Å². The third-order valence-corrected chi connectivity index (χ3v) is 5.95. The number of ether oxygens (including phenoxy) is 2. The van der Waals surface area contributed by atoms with Gasteiger partial charge in [-0.25, -0.2) is 4.39 Å². The zero-order chi connectivity index (χ0) is 24.7. The van der Waals surface area contributed by atoms with E-state index in [1.165, 1.54) is 12.1 Å². The van der Waals surface area contributed by atoms with Crippen molar-refractivity contribution < 1.29 is 18.7 Å². The monoisotopic (exact) mass is 562 g/mol. The molecule has 0 atom stereocenters. The number of nitriles is 1. The normalized spacial score (nSPS) is 11.0. The van der Waals surface area contributed by atoms with Crippen molar-refractivity contribution in [2.75, 3.05) is 11.9 Å². The van der Waals surface area contributed by atoms with E-state index in [1.807, 2.05) is 6.07 Å². The fourth-order valence-electron chi connectivity index (χ4n) is 2.94. The van der Waals surface area contributed by atoms with E-state index in [1.54, 1.807) is 55.5 Å². The molecule has 174 valence electrons. The van der Waals surface area contributed by atoms with Gasteiger partial charge in [-0.1, -0.05) is 47.5 Å². The number of nitrogens with one attached hydrogen (secondary N) is 1. The van der Waals surface area contributed by atoms with Crippen molar-refractivity contribution in [3.8, 4) is 17.6 Å². The van der Waals surface area contributed by atoms with Gasteiger partial charge >= 0.3 is 0 Å². The maximum absolute atomic E-state index is 14.0.